The van der Waals surface area contributed by atoms with Crippen molar-refractivity contribution in [2.75, 3.05) is 0 Å². The van der Waals surface area contributed by atoms with Crippen molar-refractivity contribution in [3.63, 3.8) is 0 Å². The van der Waals surface area contributed by atoms with Gasteiger partial charge in [-0.05, 0) is 18.4 Å². The van der Waals surface area contributed by atoms with Gasteiger partial charge in [0.25, 0.3) is 0 Å². The van der Waals surface area contributed by atoms with Crippen molar-refractivity contribution < 1.29 is 0 Å². The number of nitrogens with two attached hydrogens (primary N) is 1. The molecule has 0 aliphatic heterocycles. The Labute approximate surface area is 121 Å². The smallest absolute Gasteiger partial charge is 0.0951 e. The Morgan fingerprint density at radius 3 is 2.40 bits per heavy atom. The van der Waals surface area contributed by atoms with Crippen molar-refractivity contribution in [1.82, 2.24) is 9.55 Å². The lowest BCUT2D eigenvalue weighted by Crippen LogP contribution is -2.22. The molecule has 20 heavy (non-hydrogen) atoms. The van der Waals surface area contributed by atoms with E-state index in [9.17, 15) is 0 Å². The fraction of sp³-hybridized carbons (Fsp3) is 0.471. The molecule has 0 spiro atoms. The van der Waals surface area contributed by atoms with Crippen LogP contribution in [-0.4, -0.2) is 9.55 Å². The summed E-state index contributed by atoms with van der Waals surface area (Å²) >= 11 is 0. The van der Waals surface area contributed by atoms with Crippen LogP contribution in [0.1, 0.15) is 57.0 Å². The summed E-state index contributed by atoms with van der Waals surface area (Å²) in [4.78, 5) is 4.32. The van der Waals surface area contributed by atoms with Crippen LogP contribution in [0.15, 0.2) is 42.9 Å². The quantitative estimate of drug-likeness (QED) is 0.865. The van der Waals surface area contributed by atoms with Crippen molar-refractivity contribution >= 4 is 0 Å². The van der Waals surface area contributed by atoms with Crippen LogP contribution in [-0.2, 0) is 0 Å². The van der Waals surface area contributed by atoms with Crippen LogP contribution in [0.5, 0.6) is 0 Å². The van der Waals surface area contributed by atoms with E-state index in [4.69, 9.17) is 5.73 Å². The van der Waals surface area contributed by atoms with Crippen LogP contribution >= 0.6 is 0 Å². The zero-order valence-corrected chi connectivity index (χ0v) is 12.7. The van der Waals surface area contributed by atoms with Crippen LogP contribution in [0, 0.1) is 5.92 Å². The number of nitrogens with zero attached hydrogens (tertiary/aromatic N) is 2. The number of hydrogen-bond donors (Lipinski definition) is 1. The first kappa shape index (κ1) is 14.8. The van der Waals surface area contributed by atoms with Gasteiger partial charge in [0, 0.05) is 6.04 Å². The van der Waals surface area contributed by atoms with E-state index in [-0.39, 0.29) is 6.04 Å². The second-order valence-corrected chi connectivity index (χ2v) is 5.43. The summed E-state index contributed by atoms with van der Waals surface area (Å²) in [5.41, 5.74) is 8.65. The monoisotopic (exact) mass is 271 g/mol. The molecule has 2 atom stereocenters. The van der Waals surface area contributed by atoms with Gasteiger partial charge >= 0.3 is 0 Å². The van der Waals surface area contributed by atoms with Crippen molar-refractivity contribution in [2.45, 2.75) is 45.7 Å². The zero-order chi connectivity index (χ0) is 14.5. The topological polar surface area (TPSA) is 43.8 Å². The molecule has 0 amide bonds. The highest BCUT2D eigenvalue weighted by atomic mass is 15.1. The van der Waals surface area contributed by atoms with Gasteiger partial charge in [0.05, 0.1) is 24.3 Å². The summed E-state index contributed by atoms with van der Waals surface area (Å²) in [6, 6.07) is 10.5. The van der Waals surface area contributed by atoms with Gasteiger partial charge < -0.3 is 10.3 Å². The second kappa shape index (κ2) is 6.71. The molecule has 3 nitrogen and oxygen atoms in total. The lowest BCUT2D eigenvalue weighted by atomic mass is 9.94. The minimum Gasteiger partial charge on any atom is -0.330 e. The van der Waals surface area contributed by atoms with E-state index in [2.05, 4.69) is 42.5 Å². The fourth-order valence-electron chi connectivity index (χ4n) is 2.93. The summed E-state index contributed by atoms with van der Waals surface area (Å²) in [7, 11) is 0. The van der Waals surface area contributed by atoms with Gasteiger partial charge in [0.1, 0.15) is 0 Å². The Bertz CT molecular complexity index is 514. The fourth-order valence-corrected chi connectivity index (χ4v) is 2.93. The molecule has 0 saturated carbocycles. The molecule has 2 unspecified atom stereocenters. The van der Waals surface area contributed by atoms with Crippen LogP contribution in [0.2, 0.25) is 0 Å². The molecule has 1 heterocycles. The second-order valence-electron chi connectivity index (χ2n) is 5.43. The van der Waals surface area contributed by atoms with Crippen molar-refractivity contribution in [3.05, 3.63) is 54.1 Å². The third-order valence-electron chi connectivity index (χ3n) is 4.34. The predicted octanol–water partition coefficient (Wildman–Crippen LogP) is 3.93. The number of hydrogen-bond acceptors (Lipinski definition) is 2. The Hall–Kier alpha value is -1.61. The van der Waals surface area contributed by atoms with E-state index in [1.165, 1.54) is 12.8 Å². The number of imidazole rings is 1. The van der Waals surface area contributed by atoms with Gasteiger partial charge in [0.15, 0.2) is 0 Å². The highest BCUT2D eigenvalue weighted by Crippen LogP contribution is 2.28. The van der Waals surface area contributed by atoms with E-state index in [1.54, 1.807) is 0 Å². The third-order valence-corrected chi connectivity index (χ3v) is 4.34. The van der Waals surface area contributed by atoms with Crippen LogP contribution in [0.4, 0.5) is 0 Å². The molecular formula is C17H25N3. The van der Waals surface area contributed by atoms with Gasteiger partial charge in [-0.1, -0.05) is 57.0 Å². The molecule has 0 aliphatic carbocycles. The van der Waals surface area contributed by atoms with Crippen molar-refractivity contribution in [3.8, 4) is 0 Å². The van der Waals surface area contributed by atoms with E-state index in [0.29, 0.717) is 12.0 Å². The third kappa shape index (κ3) is 2.93. The lowest BCUT2D eigenvalue weighted by molar-refractivity contribution is 0.325. The van der Waals surface area contributed by atoms with Crippen LogP contribution in [0.3, 0.4) is 0 Å². The lowest BCUT2D eigenvalue weighted by Gasteiger charge is -2.26. The number of aromatic nitrogens is 2. The molecule has 0 radical (unpaired) electrons. The van der Waals surface area contributed by atoms with Gasteiger partial charge in [-0.3, -0.25) is 0 Å². The van der Waals surface area contributed by atoms with Crippen LogP contribution in [0.25, 0.3) is 0 Å². The predicted molar refractivity (Wildman–Crippen MR) is 83.5 cm³/mol. The van der Waals surface area contributed by atoms with E-state index in [0.717, 1.165) is 11.3 Å². The van der Waals surface area contributed by atoms with Gasteiger partial charge in [-0.25, -0.2) is 4.98 Å². The van der Waals surface area contributed by atoms with E-state index >= 15 is 0 Å². The SMILES string of the molecule is CCC(CC)C(C)n1cncc1C(N)c1ccccc1. The molecule has 2 rings (SSSR count). The Morgan fingerprint density at radius 2 is 1.80 bits per heavy atom. The minimum atomic E-state index is -0.115. The largest absolute Gasteiger partial charge is 0.330 e. The highest BCUT2D eigenvalue weighted by molar-refractivity contribution is 5.26. The molecule has 2 N–H and O–H groups in total. The Morgan fingerprint density at radius 1 is 1.15 bits per heavy atom. The highest BCUT2D eigenvalue weighted by Gasteiger charge is 2.21. The average Bonchev–Trinajstić information content (AvgIpc) is 2.98. The maximum Gasteiger partial charge on any atom is 0.0951 e. The summed E-state index contributed by atoms with van der Waals surface area (Å²) in [6.45, 7) is 6.76. The molecule has 0 fully saturated rings. The van der Waals surface area contributed by atoms with Crippen LogP contribution < -0.4 is 5.73 Å². The Balaban J connectivity index is 2.29. The molecule has 3 heteroatoms. The molecule has 2 aromatic rings. The summed E-state index contributed by atoms with van der Waals surface area (Å²) in [6.07, 6.45) is 6.17. The first-order valence-electron chi connectivity index (χ1n) is 7.51. The molecule has 1 aromatic carbocycles. The van der Waals surface area contributed by atoms with Crippen molar-refractivity contribution in [2.24, 2.45) is 11.7 Å². The maximum absolute atomic E-state index is 6.42. The zero-order valence-electron chi connectivity index (χ0n) is 12.7. The molecule has 0 bridgehead atoms. The molecular weight excluding hydrogens is 246 g/mol. The van der Waals surface area contributed by atoms with E-state index in [1.807, 2.05) is 30.7 Å². The first-order valence-corrected chi connectivity index (χ1v) is 7.51. The maximum atomic E-state index is 6.42. The van der Waals surface area contributed by atoms with E-state index < -0.39 is 0 Å². The molecule has 0 aliphatic rings. The number of benzene rings is 1. The van der Waals surface area contributed by atoms with Gasteiger partial charge in [-0.15, -0.1) is 0 Å². The van der Waals surface area contributed by atoms with Gasteiger partial charge in [0.2, 0.25) is 0 Å². The van der Waals surface area contributed by atoms with Gasteiger partial charge in [-0.2, -0.15) is 0 Å². The normalized spacial score (nSPS) is 14.4. The standard InChI is InChI=1S/C17H25N3/c1-4-14(5-2)13(3)20-12-19-11-16(20)17(18)15-9-7-6-8-10-15/h6-14,17H,4-5,18H2,1-3H3. The molecule has 108 valence electrons. The summed E-state index contributed by atoms with van der Waals surface area (Å²) < 4.78 is 2.25. The number of rotatable bonds is 6. The minimum absolute atomic E-state index is 0.115. The average molecular weight is 271 g/mol. The molecule has 0 saturated heterocycles. The Kier molecular flexibility index (Phi) is 4.96. The summed E-state index contributed by atoms with van der Waals surface area (Å²) in [5.74, 6) is 0.658. The first-order chi connectivity index (χ1) is 9.69. The summed E-state index contributed by atoms with van der Waals surface area (Å²) in [5, 5.41) is 0. The van der Waals surface area contributed by atoms with Crippen molar-refractivity contribution in [1.29, 1.82) is 0 Å². The molecule has 1 aromatic heterocycles.